The minimum absolute atomic E-state index is 0.128. The third-order valence-electron chi connectivity index (χ3n) is 2.86. The molecular weight excluding hydrogens is 238 g/mol. The highest BCUT2D eigenvalue weighted by Crippen LogP contribution is 2.22. The van der Waals surface area contributed by atoms with Gasteiger partial charge in [0.15, 0.2) is 11.4 Å². The zero-order valence-corrected chi connectivity index (χ0v) is 9.78. The van der Waals surface area contributed by atoms with Crippen molar-refractivity contribution in [2.45, 2.75) is 0 Å². The third-order valence-corrected chi connectivity index (χ3v) is 2.86. The van der Waals surface area contributed by atoms with E-state index in [2.05, 4.69) is 9.97 Å². The van der Waals surface area contributed by atoms with Crippen LogP contribution in [-0.4, -0.2) is 14.5 Å². The summed E-state index contributed by atoms with van der Waals surface area (Å²) in [4.78, 5) is 8.22. The van der Waals surface area contributed by atoms with Gasteiger partial charge in [0, 0.05) is 11.6 Å². The summed E-state index contributed by atoms with van der Waals surface area (Å²) in [7, 11) is 0. The number of benzene rings is 1. The monoisotopic (exact) mass is 245 g/mol. The second-order valence-corrected chi connectivity index (χ2v) is 3.88. The molecule has 0 saturated heterocycles. The van der Waals surface area contributed by atoms with E-state index in [-0.39, 0.29) is 11.4 Å². The number of hydrogen-bond donors (Lipinski definition) is 0. The highest BCUT2D eigenvalue weighted by Gasteiger charge is 2.13. The van der Waals surface area contributed by atoms with Gasteiger partial charge >= 0.3 is 0 Å². The van der Waals surface area contributed by atoms with Crippen molar-refractivity contribution in [2.75, 3.05) is 0 Å². The first-order valence-corrected chi connectivity index (χ1v) is 5.57. The summed E-state index contributed by atoms with van der Waals surface area (Å²) in [5.74, 6) is 0. The molecule has 0 spiro atoms. The van der Waals surface area contributed by atoms with Crippen LogP contribution in [0.1, 0.15) is 11.4 Å². The Morgan fingerprint density at radius 3 is 2.63 bits per heavy atom. The van der Waals surface area contributed by atoms with Crippen LogP contribution in [0.4, 0.5) is 0 Å². The van der Waals surface area contributed by atoms with Gasteiger partial charge in [0.2, 0.25) is 0 Å². The fourth-order valence-corrected chi connectivity index (χ4v) is 2.01. The summed E-state index contributed by atoms with van der Waals surface area (Å²) in [5.41, 5.74) is 1.98. The molecule has 3 aromatic rings. The third kappa shape index (κ3) is 1.62. The maximum absolute atomic E-state index is 9.18. The predicted octanol–water partition coefficient (Wildman–Crippen LogP) is 2.16. The van der Waals surface area contributed by atoms with Crippen molar-refractivity contribution in [3.63, 3.8) is 0 Å². The summed E-state index contributed by atoms with van der Waals surface area (Å²) >= 11 is 0. The highest BCUT2D eigenvalue weighted by molar-refractivity contribution is 5.87. The summed E-state index contributed by atoms with van der Waals surface area (Å²) in [5, 5.41) is 19.0. The molecule has 0 amide bonds. The molecular formula is C14H7N5. The van der Waals surface area contributed by atoms with E-state index < -0.39 is 0 Å². The van der Waals surface area contributed by atoms with Gasteiger partial charge in [-0.25, -0.2) is 4.98 Å². The van der Waals surface area contributed by atoms with E-state index >= 15 is 0 Å². The normalized spacial score (nSPS) is 10.0. The smallest absolute Gasteiger partial charge is 0.177 e. The Morgan fingerprint density at radius 1 is 1.00 bits per heavy atom. The van der Waals surface area contributed by atoms with Crippen LogP contribution in [0.3, 0.4) is 0 Å². The molecule has 0 N–H and O–H groups in total. The zero-order valence-electron chi connectivity index (χ0n) is 9.78. The Morgan fingerprint density at radius 2 is 1.84 bits per heavy atom. The molecule has 0 saturated carbocycles. The molecule has 0 fully saturated rings. The lowest BCUT2D eigenvalue weighted by atomic mass is 10.2. The van der Waals surface area contributed by atoms with Gasteiger partial charge in [0.25, 0.3) is 0 Å². The Hall–Kier alpha value is -3.18. The SMILES string of the molecule is N#Cc1ncn(-c2ccnc3ccccc23)c1C#N. The number of hydrogen-bond acceptors (Lipinski definition) is 4. The Labute approximate surface area is 109 Å². The fraction of sp³-hybridized carbons (Fsp3) is 0. The van der Waals surface area contributed by atoms with Gasteiger partial charge in [0.1, 0.15) is 18.5 Å². The first-order valence-electron chi connectivity index (χ1n) is 5.57. The summed E-state index contributed by atoms with van der Waals surface area (Å²) in [6.45, 7) is 0. The van der Waals surface area contributed by atoms with Crippen molar-refractivity contribution in [2.24, 2.45) is 0 Å². The van der Waals surface area contributed by atoms with Crippen LogP contribution in [0.5, 0.6) is 0 Å². The molecule has 1 aromatic carbocycles. The first kappa shape index (κ1) is 10.9. The van der Waals surface area contributed by atoms with Gasteiger partial charge in [-0.05, 0) is 12.1 Å². The van der Waals surface area contributed by atoms with Gasteiger partial charge in [-0.15, -0.1) is 0 Å². The zero-order chi connectivity index (χ0) is 13.2. The number of aromatic nitrogens is 3. The quantitative estimate of drug-likeness (QED) is 0.658. The number of fused-ring (bicyclic) bond motifs is 1. The molecule has 5 nitrogen and oxygen atoms in total. The van der Waals surface area contributed by atoms with Crippen molar-refractivity contribution in [1.82, 2.24) is 14.5 Å². The van der Waals surface area contributed by atoms with Crippen molar-refractivity contribution in [3.8, 4) is 17.8 Å². The molecule has 0 radical (unpaired) electrons. The summed E-state index contributed by atoms with van der Waals surface area (Å²) in [6.07, 6.45) is 3.16. The average Bonchev–Trinajstić information content (AvgIpc) is 2.89. The van der Waals surface area contributed by atoms with Gasteiger partial charge in [-0.1, -0.05) is 18.2 Å². The number of pyridine rings is 1. The lowest BCUT2D eigenvalue weighted by Crippen LogP contribution is -1.98. The van der Waals surface area contributed by atoms with Gasteiger partial charge < -0.3 is 0 Å². The van der Waals surface area contributed by atoms with Crippen LogP contribution in [0.15, 0.2) is 42.9 Å². The molecule has 88 valence electrons. The van der Waals surface area contributed by atoms with E-state index in [1.807, 2.05) is 36.4 Å². The van der Waals surface area contributed by atoms with Crippen LogP contribution in [0.2, 0.25) is 0 Å². The minimum Gasteiger partial charge on any atom is -0.289 e. The van der Waals surface area contributed by atoms with E-state index in [1.165, 1.54) is 6.33 Å². The molecule has 0 atom stereocenters. The molecule has 0 aliphatic heterocycles. The Balaban J connectivity index is 2.35. The molecule has 5 heteroatoms. The lowest BCUT2D eigenvalue weighted by Gasteiger charge is -2.07. The molecule has 0 aliphatic rings. The second-order valence-electron chi connectivity index (χ2n) is 3.88. The number of imidazole rings is 1. The first-order chi connectivity index (χ1) is 9.35. The topological polar surface area (TPSA) is 78.3 Å². The molecule has 0 unspecified atom stereocenters. The van der Waals surface area contributed by atoms with Crippen molar-refractivity contribution >= 4 is 10.9 Å². The van der Waals surface area contributed by atoms with E-state index in [0.717, 1.165) is 16.6 Å². The maximum Gasteiger partial charge on any atom is 0.177 e. The number of nitriles is 2. The second kappa shape index (κ2) is 4.25. The average molecular weight is 245 g/mol. The molecule has 2 heterocycles. The van der Waals surface area contributed by atoms with Crippen molar-refractivity contribution < 1.29 is 0 Å². The fourth-order valence-electron chi connectivity index (χ4n) is 2.01. The predicted molar refractivity (Wildman–Crippen MR) is 68.3 cm³/mol. The number of nitrogens with zero attached hydrogens (tertiary/aromatic N) is 5. The van der Waals surface area contributed by atoms with Gasteiger partial charge in [-0.2, -0.15) is 10.5 Å². The van der Waals surface area contributed by atoms with E-state index in [1.54, 1.807) is 16.8 Å². The van der Waals surface area contributed by atoms with E-state index in [9.17, 15) is 5.26 Å². The lowest BCUT2D eigenvalue weighted by molar-refractivity contribution is 1.04. The van der Waals surface area contributed by atoms with Crippen LogP contribution in [0, 0.1) is 22.7 Å². The van der Waals surface area contributed by atoms with E-state index in [4.69, 9.17) is 5.26 Å². The molecule has 19 heavy (non-hydrogen) atoms. The molecule has 3 rings (SSSR count). The maximum atomic E-state index is 9.18. The summed E-state index contributed by atoms with van der Waals surface area (Å²) in [6, 6.07) is 13.4. The molecule has 2 aromatic heterocycles. The van der Waals surface area contributed by atoms with Crippen LogP contribution in [0.25, 0.3) is 16.6 Å². The van der Waals surface area contributed by atoms with E-state index in [0.29, 0.717) is 0 Å². The van der Waals surface area contributed by atoms with Gasteiger partial charge in [-0.3, -0.25) is 9.55 Å². The molecule has 0 aliphatic carbocycles. The number of para-hydroxylation sites is 1. The van der Waals surface area contributed by atoms with Gasteiger partial charge in [0.05, 0.1) is 11.2 Å². The van der Waals surface area contributed by atoms with Crippen molar-refractivity contribution in [3.05, 3.63) is 54.2 Å². The summed E-state index contributed by atoms with van der Waals surface area (Å²) < 4.78 is 1.61. The van der Waals surface area contributed by atoms with Crippen LogP contribution < -0.4 is 0 Å². The Kier molecular flexibility index (Phi) is 2.45. The standard InChI is InChI=1S/C14H7N5/c15-7-12-14(8-16)19(9-18-12)13-5-6-17-11-4-2-1-3-10(11)13/h1-6,9H. The van der Waals surface area contributed by atoms with Crippen molar-refractivity contribution in [1.29, 1.82) is 10.5 Å². The van der Waals surface area contributed by atoms with Crippen LogP contribution >= 0.6 is 0 Å². The Bertz CT molecular complexity index is 843. The highest BCUT2D eigenvalue weighted by atomic mass is 15.1. The number of rotatable bonds is 1. The molecule has 0 bridgehead atoms. The minimum atomic E-state index is 0.128. The van der Waals surface area contributed by atoms with Crippen LogP contribution in [-0.2, 0) is 0 Å². The largest absolute Gasteiger partial charge is 0.289 e.